The molecule has 0 unspecified atom stereocenters. The van der Waals surface area contributed by atoms with E-state index in [4.69, 9.17) is 21.3 Å². The second kappa shape index (κ2) is 10.00. The molecule has 0 bridgehead atoms. The van der Waals surface area contributed by atoms with E-state index in [9.17, 15) is 9.59 Å². The van der Waals surface area contributed by atoms with E-state index >= 15 is 0 Å². The highest BCUT2D eigenvalue weighted by Gasteiger charge is 2.33. The molecular formula is C29H26ClN3O3S. The summed E-state index contributed by atoms with van der Waals surface area (Å²) >= 11 is 7.57. The van der Waals surface area contributed by atoms with E-state index in [1.807, 2.05) is 81.4 Å². The Kier molecular flexibility index (Phi) is 6.75. The van der Waals surface area contributed by atoms with Gasteiger partial charge in [-0.1, -0.05) is 66.3 Å². The van der Waals surface area contributed by atoms with Crippen LogP contribution in [-0.2, 0) is 9.53 Å². The number of methoxy groups -OCH3 is 1. The topological polar surface area (TPSA) is 65.6 Å². The fourth-order valence-electron chi connectivity index (χ4n) is 4.90. The average Bonchev–Trinajstić information content (AvgIpc) is 3.36. The lowest BCUT2D eigenvalue weighted by atomic mass is 9.95. The monoisotopic (exact) mass is 531 g/mol. The van der Waals surface area contributed by atoms with Crippen LogP contribution in [0.2, 0.25) is 5.02 Å². The number of benzene rings is 2. The molecule has 4 aromatic rings. The Bertz CT molecular complexity index is 1730. The molecule has 0 amide bonds. The minimum Gasteiger partial charge on any atom is -0.466 e. The Hall–Kier alpha value is -3.68. The van der Waals surface area contributed by atoms with E-state index in [1.54, 1.807) is 4.57 Å². The number of aryl methyl sites for hydroxylation is 1. The fraction of sp³-hybridized carbons (Fsp3) is 0.207. The van der Waals surface area contributed by atoms with Gasteiger partial charge >= 0.3 is 5.97 Å². The van der Waals surface area contributed by atoms with Gasteiger partial charge in [-0.2, -0.15) is 0 Å². The van der Waals surface area contributed by atoms with Gasteiger partial charge in [0.15, 0.2) is 4.80 Å². The maximum absolute atomic E-state index is 13.9. The quantitative estimate of drug-likeness (QED) is 0.345. The summed E-state index contributed by atoms with van der Waals surface area (Å²) in [6.45, 7) is 6.00. The Morgan fingerprint density at radius 2 is 1.89 bits per heavy atom. The normalized spacial score (nSPS) is 15.5. The molecule has 6 nitrogen and oxygen atoms in total. The molecule has 37 heavy (non-hydrogen) atoms. The molecule has 8 heteroatoms. The van der Waals surface area contributed by atoms with Crippen LogP contribution < -0.4 is 14.9 Å². The largest absolute Gasteiger partial charge is 0.466 e. The summed E-state index contributed by atoms with van der Waals surface area (Å²) in [4.78, 5) is 32.1. The van der Waals surface area contributed by atoms with Gasteiger partial charge in [-0.05, 0) is 61.7 Å². The lowest BCUT2D eigenvalue weighted by Gasteiger charge is -2.25. The first-order valence-corrected chi connectivity index (χ1v) is 13.2. The summed E-state index contributed by atoms with van der Waals surface area (Å²) in [5.74, 6) is -0.478. The van der Waals surface area contributed by atoms with Crippen molar-refractivity contribution < 1.29 is 9.53 Å². The molecule has 0 aliphatic carbocycles. The highest BCUT2D eigenvalue weighted by Crippen LogP contribution is 2.31. The van der Waals surface area contributed by atoms with Gasteiger partial charge in [0.1, 0.15) is 0 Å². The maximum Gasteiger partial charge on any atom is 0.338 e. The first-order valence-electron chi connectivity index (χ1n) is 12.0. The molecule has 0 saturated heterocycles. The number of rotatable bonds is 5. The molecule has 1 aliphatic rings. The van der Waals surface area contributed by atoms with Gasteiger partial charge in [-0.25, -0.2) is 9.79 Å². The number of nitrogens with zero attached hydrogens (tertiary/aromatic N) is 3. The summed E-state index contributed by atoms with van der Waals surface area (Å²) in [7, 11) is 1.35. The first-order chi connectivity index (χ1) is 17.8. The number of hydrogen-bond acceptors (Lipinski definition) is 5. The van der Waals surface area contributed by atoms with Gasteiger partial charge in [0.05, 0.1) is 29.0 Å². The minimum atomic E-state index is -0.610. The second-order valence-electron chi connectivity index (χ2n) is 8.84. The van der Waals surface area contributed by atoms with Gasteiger partial charge in [0.25, 0.3) is 5.56 Å². The van der Waals surface area contributed by atoms with E-state index < -0.39 is 12.0 Å². The van der Waals surface area contributed by atoms with Crippen molar-refractivity contribution in [3.05, 3.63) is 119 Å². The minimum absolute atomic E-state index is 0.193. The number of esters is 1. The second-order valence-corrected chi connectivity index (χ2v) is 10.3. The van der Waals surface area contributed by atoms with Crippen LogP contribution in [0.5, 0.6) is 0 Å². The van der Waals surface area contributed by atoms with Gasteiger partial charge in [-0.15, -0.1) is 0 Å². The van der Waals surface area contributed by atoms with Crippen molar-refractivity contribution in [2.45, 2.75) is 33.2 Å². The highest BCUT2D eigenvalue weighted by molar-refractivity contribution is 7.07. The number of aromatic nitrogens is 2. The van der Waals surface area contributed by atoms with Crippen LogP contribution in [0.25, 0.3) is 11.8 Å². The third-order valence-electron chi connectivity index (χ3n) is 6.59. The van der Waals surface area contributed by atoms with Crippen LogP contribution in [0.4, 0.5) is 0 Å². The Morgan fingerprint density at radius 1 is 1.14 bits per heavy atom. The van der Waals surface area contributed by atoms with Crippen molar-refractivity contribution in [1.82, 2.24) is 9.13 Å². The lowest BCUT2D eigenvalue weighted by Crippen LogP contribution is -2.40. The number of carbonyl (C=O) groups is 1. The van der Waals surface area contributed by atoms with Crippen LogP contribution >= 0.6 is 22.9 Å². The predicted octanol–water partition coefficient (Wildman–Crippen LogP) is 4.86. The van der Waals surface area contributed by atoms with E-state index in [2.05, 4.69) is 10.6 Å². The lowest BCUT2D eigenvalue weighted by molar-refractivity contribution is -0.136. The molecule has 0 N–H and O–H groups in total. The smallest absolute Gasteiger partial charge is 0.338 e. The predicted molar refractivity (Wildman–Crippen MR) is 147 cm³/mol. The van der Waals surface area contributed by atoms with E-state index in [0.717, 1.165) is 28.2 Å². The van der Waals surface area contributed by atoms with Crippen LogP contribution in [0.3, 0.4) is 0 Å². The summed E-state index contributed by atoms with van der Waals surface area (Å²) in [6, 6.07) is 18.7. The zero-order valence-corrected chi connectivity index (χ0v) is 22.6. The van der Waals surface area contributed by atoms with Crippen molar-refractivity contribution >= 4 is 35.0 Å². The van der Waals surface area contributed by atoms with Crippen molar-refractivity contribution in [1.29, 1.82) is 0 Å². The average molecular weight is 532 g/mol. The molecule has 3 heterocycles. The number of thiazole rings is 1. The number of fused-ring (bicyclic) bond motifs is 1. The summed E-state index contributed by atoms with van der Waals surface area (Å²) in [5.41, 5.74) is 5.58. The molecule has 0 radical (unpaired) electrons. The number of ether oxygens (including phenoxy) is 1. The summed E-state index contributed by atoms with van der Waals surface area (Å²) in [6.07, 6.45) is 2.45. The molecule has 0 fully saturated rings. The first kappa shape index (κ1) is 25.0. The highest BCUT2D eigenvalue weighted by atomic mass is 35.5. The maximum atomic E-state index is 13.9. The molecule has 0 saturated carbocycles. The van der Waals surface area contributed by atoms with Gasteiger partial charge in [0, 0.05) is 22.1 Å². The SMILES string of the molecule is CCC1=C(C(=O)OC)[C@@H](c2ccccc2)n2c(s/c(=C\c3cc(C)n(-c4cccc(Cl)c4)c3C)c2=O)=N1. The van der Waals surface area contributed by atoms with E-state index in [1.165, 1.54) is 18.4 Å². The van der Waals surface area contributed by atoms with Crippen LogP contribution in [0.15, 0.2) is 81.7 Å². The molecule has 0 spiro atoms. The number of halogens is 1. The van der Waals surface area contributed by atoms with Gasteiger partial charge in [-0.3, -0.25) is 9.36 Å². The number of allylic oxidation sites excluding steroid dienone is 1. The third-order valence-corrected chi connectivity index (χ3v) is 7.81. The fourth-order valence-corrected chi connectivity index (χ4v) is 6.10. The Labute approximate surface area is 223 Å². The molecule has 1 atom stereocenters. The van der Waals surface area contributed by atoms with Crippen LogP contribution in [0, 0.1) is 13.8 Å². The third kappa shape index (κ3) is 4.38. The van der Waals surface area contributed by atoms with Crippen LogP contribution in [0.1, 0.15) is 41.9 Å². The van der Waals surface area contributed by atoms with Crippen LogP contribution in [-0.4, -0.2) is 22.2 Å². The summed E-state index contributed by atoms with van der Waals surface area (Å²) in [5, 5.41) is 0.661. The Morgan fingerprint density at radius 3 is 2.57 bits per heavy atom. The van der Waals surface area contributed by atoms with Crippen molar-refractivity contribution in [2.75, 3.05) is 7.11 Å². The molecule has 1 aliphatic heterocycles. The molecule has 5 rings (SSSR count). The molecule has 2 aromatic carbocycles. The summed E-state index contributed by atoms with van der Waals surface area (Å²) < 4.78 is 9.41. The van der Waals surface area contributed by atoms with Crippen molar-refractivity contribution in [2.24, 2.45) is 4.99 Å². The molecular weight excluding hydrogens is 506 g/mol. The molecule has 188 valence electrons. The van der Waals surface area contributed by atoms with Gasteiger partial charge < -0.3 is 9.30 Å². The zero-order valence-electron chi connectivity index (χ0n) is 21.0. The van der Waals surface area contributed by atoms with E-state index in [-0.39, 0.29) is 5.56 Å². The van der Waals surface area contributed by atoms with Gasteiger partial charge in [0.2, 0.25) is 0 Å². The van der Waals surface area contributed by atoms with Crippen molar-refractivity contribution in [3.63, 3.8) is 0 Å². The number of hydrogen-bond donors (Lipinski definition) is 0. The molecule has 2 aromatic heterocycles. The zero-order chi connectivity index (χ0) is 26.3. The number of carbonyl (C=O) groups excluding carboxylic acids is 1. The van der Waals surface area contributed by atoms with Crippen molar-refractivity contribution in [3.8, 4) is 5.69 Å². The Balaban J connectivity index is 1.72. The van der Waals surface area contributed by atoms with E-state index in [0.29, 0.717) is 32.0 Å². The standard InChI is InChI=1S/C29H26ClN3O3S/c1-5-23-25(28(35)36-4)26(19-10-7-6-8-11-19)33-27(34)24(37-29(33)31-23)15-20-14-17(2)32(18(20)3)22-13-9-12-21(30)16-22/h6-16,26H,5H2,1-4H3/b24-15-/t26-/m1/s1.